The van der Waals surface area contributed by atoms with E-state index in [9.17, 15) is 14.9 Å². The fraction of sp³-hybridized carbons (Fsp3) is 0.364. The first-order valence-electron chi connectivity index (χ1n) is 5.10. The van der Waals surface area contributed by atoms with Crippen molar-refractivity contribution >= 4 is 17.7 Å². The predicted molar refractivity (Wildman–Crippen MR) is 59.9 cm³/mol. The number of hydrogen-bond acceptors (Lipinski definition) is 4. The lowest BCUT2D eigenvalue weighted by Gasteiger charge is -2.19. The molecule has 5 nitrogen and oxygen atoms in total. The molecule has 1 aliphatic rings. The van der Waals surface area contributed by atoms with E-state index in [1.54, 1.807) is 6.07 Å². The molecule has 0 heterocycles. The predicted octanol–water partition coefficient (Wildman–Crippen LogP) is 2.01. The van der Waals surface area contributed by atoms with Gasteiger partial charge in [-0.15, -0.1) is 0 Å². The molecule has 0 aliphatic heterocycles. The lowest BCUT2D eigenvalue weighted by molar-refractivity contribution is -0.384. The number of nitro benzene ring substituents is 1. The van der Waals surface area contributed by atoms with Crippen LogP contribution >= 0.6 is 0 Å². The van der Waals surface area contributed by atoms with Crippen molar-refractivity contribution in [3.05, 3.63) is 33.9 Å². The molecule has 5 heteroatoms. The molecule has 1 aromatic rings. The Bertz CT molecular complexity index is 441. The fourth-order valence-corrected chi connectivity index (χ4v) is 1.73. The first-order valence-corrected chi connectivity index (χ1v) is 5.10. The molecule has 0 bridgehead atoms. The number of anilines is 1. The van der Waals surface area contributed by atoms with Crippen molar-refractivity contribution in [3.8, 4) is 0 Å². The molecule has 0 atom stereocenters. The first-order chi connectivity index (χ1) is 7.63. The lowest BCUT2D eigenvalue weighted by atomic mass is 10.1. The number of nitrogens with zero attached hydrogens (tertiary/aromatic N) is 2. The maximum Gasteiger partial charge on any atom is 0.270 e. The Morgan fingerprint density at radius 2 is 2.19 bits per heavy atom. The highest BCUT2D eigenvalue weighted by Crippen LogP contribution is 2.32. The third-order valence-electron chi connectivity index (χ3n) is 2.82. The molecule has 0 spiro atoms. The van der Waals surface area contributed by atoms with Crippen LogP contribution < -0.4 is 4.90 Å². The summed E-state index contributed by atoms with van der Waals surface area (Å²) in [4.78, 5) is 23.0. The van der Waals surface area contributed by atoms with Crippen LogP contribution in [-0.2, 0) is 0 Å². The number of aldehydes is 1. The van der Waals surface area contributed by atoms with Gasteiger partial charge < -0.3 is 4.90 Å². The smallest absolute Gasteiger partial charge is 0.270 e. The third-order valence-corrected chi connectivity index (χ3v) is 2.82. The molecule has 1 aromatic carbocycles. The van der Waals surface area contributed by atoms with Crippen molar-refractivity contribution in [1.82, 2.24) is 0 Å². The minimum absolute atomic E-state index is 0.0463. The molecule has 0 saturated heterocycles. The van der Waals surface area contributed by atoms with Crippen LogP contribution in [0.25, 0.3) is 0 Å². The Kier molecular flexibility index (Phi) is 2.60. The summed E-state index contributed by atoms with van der Waals surface area (Å²) in [5, 5.41) is 10.6. The standard InChI is InChI=1S/C11H12N2O3/c1-12(9-2-3-9)11-5-4-10(13(15)16)6-8(11)7-14/h4-7,9H,2-3H2,1H3. The van der Waals surface area contributed by atoms with Crippen LogP contribution in [0.3, 0.4) is 0 Å². The van der Waals surface area contributed by atoms with E-state index in [1.807, 2.05) is 11.9 Å². The zero-order chi connectivity index (χ0) is 11.7. The average molecular weight is 220 g/mol. The lowest BCUT2D eigenvalue weighted by Crippen LogP contribution is -2.20. The van der Waals surface area contributed by atoms with Gasteiger partial charge in [0, 0.05) is 36.5 Å². The number of nitro groups is 1. The molecular formula is C11H12N2O3. The summed E-state index contributed by atoms with van der Waals surface area (Å²) in [6.45, 7) is 0. The van der Waals surface area contributed by atoms with Gasteiger partial charge in [0.1, 0.15) is 0 Å². The maximum atomic E-state index is 10.9. The second-order valence-corrected chi connectivity index (χ2v) is 3.96. The van der Waals surface area contributed by atoms with Crippen molar-refractivity contribution in [2.75, 3.05) is 11.9 Å². The zero-order valence-corrected chi connectivity index (χ0v) is 8.92. The van der Waals surface area contributed by atoms with Crippen LogP contribution in [0.1, 0.15) is 23.2 Å². The average Bonchev–Trinajstić information content (AvgIpc) is 3.11. The summed E-state index contributed by atoms with van der Waals surface area (Å²) in [5.74, 6) is 0. The molecule has 0 radical (unpaired) electrons. The molecule has 0 aromatic heterocycles. The van der Waals surface area contributed by atoms with E-state index >= 15 is 0 Å². The van der Waals surface area contributed by atoms with Gasteiger partial charge in [0.05, 0.1) is 4.92 Å². The van der Waals surface area contributed by atoms with Crippen LogP contribution in [0.4, 0.5) is 11.4 Å². The number of carbonyl (C=O) groups excluding carboxylic acids is 1. The minimum atomic E-state index is -0.492. The third kappa shape index (κ3) is 1.88. The van der Waals surface area contributed by atoms with Gasteiger partial charge in [-0.25, -0.2) is 0 Å². The summed E-state index contributed by atoms with van der Waals surface area (Å²) < 4.78 is 0. The van der Waals surface area contributed by atoms with E-state index in [0.29, 0.717) is 17.9 Å². The summed E-state index contributed by atoms with van der Waals surface area (Å²) >= 11 is 0. The Morgan fingerprint density at radius 1 is 1.50 bits per heavy atom. The second kappa shape index (κ2) is 3.92. The molecular weight excluding hydrogens is 208 g/mol. The summed E-state index contributed by atoms with van der Waals surface area (Å²) in [6.07, 6.45) is 2.90. The van der Waals surface area contributed by atoms with E-state index in [2.05, 4.69) is 0 Å². The van der Waals surface area contributed by atoms with Gasteiger partial charge in [-0.1, -0.05) is 0 Å². The highest BCUT2D eigenvalue weighted by molar-refractivity contribution is 5.86. The number of rotatable bonds is 4. The Morgan fingerprint density at radius 3 is 2.69 bits per heavy atom. The zero-order valence-electron chi connectivity index (χ0n) is 8.92. The molecule has 84 valence electrons. The van der Waals surface area contributed by atoms with Crippen molar-refractivity contribution < 1.29 is 9.72 Å². The summed E-state index contributed by atoms with van der Waals surface area (Å²) in [6, 6.07) is 4.86. The highest BCUT2D eigenvalue weighted by atomic mass is 16.6. The Labute approximate surface area is 92.8 Å². The van der Waals surface area contributed by atoms with Crippen LogP contribution in [0.5, 0.6) is 0 Å². The van der Waals surface area contributed by atoms with Crippen molar-refractivity contribution in [2.45, 2.75) is 18.9 Å². The summed E-state index contributed by atoms with van der Waals surface area (Å²) in [5.41, 5.74) is 1.10. The van der Waals surface area contributed by atoms with Crippen molar-refractivity contribution in [3.63, 3.8) is 0 Å². The van der Waals surface area contributed by atoms with E-state index in [4.69, 9.17) is 0 Å². The van der Waals surface area contributed by atoms with Gasteiger partial charge in [0.15, 0.2) is 6.29 Å². The van der Waals surface area contributed by atoms with E-state index in [-0.39, 0.29) is 5.69 Å². The monoisotopic (exact) mass is 220 g/mol. The first kappa shape index (κ1) is 10.6. The van der Waals surface area contributed by atoms with Crippen LogP contribution in [-0.4, -0.2) is 24.3 Å². The van der Waals surface area contributed by atoms with Crippen LogP contribution in [0.2, 0.25) is 0 Å². The number of non-ortho nitro benzene ring substituents is 1. The minimum Gasteiger partial charge on any atom is -0.371 e. The number of carbonyl (C=O) groups is 1. The molecule has 1 saturated carbocycles. The number of hydrogen-bond donors (Lipinski definition) is 0. The maximum absolute atomic E-state index is 10.9. The van der Waals surface area contributed by atoms with E-state index < -0.39 is 4.92 Å². The number of benzene rings is 1. The van der Waals surface area contributed by atoms with Gasteiger partial charge in [0.25, 0.3) is 5.69 Å². The van der Waals surface area contributed by atoms with Gasteiger partial charge in [-0.05, 0) is 18.9 Å². The van der Waals surface area contributed by atoms with Crippen molar-refractivity contribution in [2.24, 2.45) is 0 Å². The largest absolute Gasteiger partial charge is 0.371 e. The highest BCUT2D eigenvalue weighted by Gasteiger charge is 2.28. The SMILES string of the molecule is CN(c1ccc([N+](=O)[O-])cc1C=O)C1CC1. The molecule has 0 N–H and O–H groups in total. The Balaban J connectivity index is 2.37. The van der Waals surface area contributed by atoms with Crippen molar-refractivity contribution in [1.29, 1.82) is 0 Å². The van der Waals surface area contributed by atoms with E-state index in [1.165, 1.54) is 12.1 Å². The molecule has 2 rings (SSSR count). The van der Waals surface area contributed by atoms with E-state index in [0.717, 1.165) is 18.5 Å². The molecule has 0 amide bonds. The van der Waals surface area contributed by atoms with Crippen LogP contribution in [0, 0.1) is 10.1 Å². The van der Waals surface area contributed by atoms with Crippen LogP contribution in [0.15, 0.2) is 18.2 Å². The normalized spacial score (nSPS) is 14.6. The topological polar surface area (TPSA) is 63.4 Å². The molecule has 1 fully saturated rings. The molecule has 16 heavy (non-hydrogen) atoms. The Hall–Kier alpha value is -1.91. The second-order valence-electron chi connectivity index (χ2n) is 3.96. The summed E-state index contributed by atoms with van der Waals surface area (Å²) in [7, 11) is 1.91. The van der Waals surface area contributed by atoms with Gasteiger partial charge in [0.2, 0.25) is 0 Å². The fourth-order valence-electron chi connectivity index (χ4n) is 1.73. The molecule has 0 unspecified atom stereocenters. The van der Waals surface area contributed by atoms with Gasteiger partial charge >= 0.3 is 0 Å². The van der Waals surface area contributed by atoms with Gasteiger partial charge in [-0.2, -0.15) is 0 Å². The quantitative estimate of drug-likeness (QED) is 0.442. The molecule has 1 aliphatic carbocycles. The van der Waals surface area contributed by atoms with Gasteiger partial charge in [-0.3, -0.25) is 14.9 Å².